The number of likely N-dealkylation sites (tertiary alicyclic amines) is 1. The highest BCUT2D eigenvalue weighted by atomic mass is 15.3. The van der Waals surface area contributed by atoms with Gasteiger partial charge in [-0.1, -0.05) is 13.0 Å². The van der Waals surface area contributed by atoms with Gasteiger partial charge >= 0.3 is 0 Å². The Balaban J connectivity index is 1.55. The Labute approximate surface area is 126 Å². The van der Waals surface area contributed by atoms with Gasteiger partial charge in [-0.2, -0.15) is 0 Å². The molecule has 1 atom stereocenters. The van der Waals surface area contributed by atoms with Gasteiger partial charge in [-0.25, -0.2) is 0 Å². The third-order valence-corrected chi connectivity index (χ3v) is 4.29. The molecule has 2 aromatic heterocycles. The predicted octanol–water partition coefficient (Wildman–Crippen LogP) is 2.08. The number of hydrogen-bond acceptors (Lipinski definition) is 4. The minimum atomic E-state index is 0.600. The molecule has 1 N–H and O–H groups in total. The van der Waals surface area contributed by atoms with E-state index in [9.17, 15) is 0 Å². The lowest BCUT2D eigenvalue weighted by molar-refractivity contribution is 0.282. The first-order valence-corrected chi connectivity index (χ1v) is 8.11. The zero-order chi connectivity index (χ0) is 14.5. The van der Waals surface area contributed by atoms with Gasteiger partial charge in [0.15, 0.2) is 11.5 Å². The van der Waals surface area contributed by atoms with Crippen molar-refractivity contribution in [2.24, 2.45) is 0 Å². The largest absolute Gasteiger partial charge is 0.307 e. The van der Waals surface area contributed by atoms with Crippen molar-refractivity contribution < 1.29 is 0 Å². The smallest absolute Gasteiger partial charge is 0.160 e. The molecule has 2 aromatic rings. The van der Waals surface area contributed by atoms with Crippen LogP contribution in [0.25, 0.3) is 5.65 Å². The standard InChI is InChI=1S/C16H25N5/c1-2-9-20-10-5-6-14(8-12-20)17-13-16-19-18-15-7-3-4-11-21(15)16/h3-4,7,11,14,17H,2,5-6,8-10,12-13H2,1H3. The second-order valence-corrected chi connectivity index (χ2v) is 5.90. The molecule has 0 bridgehead atoms. The minimum Gasteiger partial charge on any atom is -0.307 e. The van der Waals surface area contributed by atoms with Crippen LogP contribution in [0.15, 0.2) is 24.4 Å². The van der Waals surface area contributed by atoms with Gasteiger partial charge in [0.2, 0.25) is 0 Å². The molecule has 1 saturated heterocycles. The lowest BCUT2D eigenvalue weighted by Crippen LogP contribution is -2.31. The summed E-state index contributed by atoms with van der Waals surface area (Å²) in [6, 6.07) is 6.61. The Morgan fingerprint density at radius 2 is 2.19 bits per heavy atom. The number of nitrogens with one attached hydrogen (secondary N) is 1. The van der Waals surface area contributed by atoms with Crippen LogP contribution in [0.5, 0.6) is 0 Å². The molecule has 1 aliphatic rings. The second-order valence-electron chi connectivity index (χ2n) is 5.90. The second kappa shape index (κ2) is 7.00. The molecular formula is C16H25N5. The average molecular weight is 287 g/mol. The SMILES string of the molecule is CCCN1CCCC(NCc2nnc3ccccn23)CC1. The molecule has 0 aliphatic carbocycles. The van der Waals surface area contributed by atoms with Crippen LogP contribution in [0.4, 0.5) is 0 Å². The summed E-state index contributed by atoms with van der Waals surface area (Å²) < 4.78 is 2.06. The number of nitrogens with zero attached hydrogens (tertiary/aromatic N) is 4. The topological polar surface area (TPSA) is 45.5 Å². The van der Waals surface area contributed by atoms with Gasteiger partial charge < -0.3 is 10.2 Å². The van der Waals surface area contributed by atoms with E-state index >= 15 is 0 Å². The van der Waals surface area contributed by atoms with Crippen molar-refractivity contribution in [3.8, 4) is 0 Å². The van der Waals surface area contributed by atoms with Crippen molar-refractivity contribution in [2.45, 2.75) is 45.2 Å². The number of aromatic nitrogens is 3. The molecular weight excluding hydrogens is 262 g/mol. The van der Waals surface area contributed by atoms with Gasteiger partial charge in [-0.3, -0.25) is 4.40 Å². The normalized spacial score (nSPS) is 20.7. The van der Waals surface area contributed by atoms with E-state index in [2.05, 4.69) is 31.7 Å². The highest BCUT2D eigenvalue weighted by molar-refractivity contribution is 5.36. The first kappa shape index (κ1) is 14.5. The van der Waals surface area contributed by atoms with Crippen LogP contribution in [-0.2, 0) is 6.54 Å². The van der Waals surface area contributed by atoms with Crippen LogP contribution in [0.1, 0.15) is 38.4 Å². The zero-order valence-electron chi connectivity index (χ0n) is 12.8. The van der Waals surface area contributed by atoms with Crippen LogP contribution in [0.3, 0.4) is 0 Å². The van der Waals surface area contributed by atoms with E-state index in [0.717, 1.165) is 18.0 Å². The predicted molar refractivity (Wildman–Crippen MR) is 84.2 cm³/mol. The van der Waals surface area contributed by atoms with Crippen molar-refractivity contribution in [2.75, 3.05) is 19.6 Å². The van der Waals surface area contributed by atoms with E-state index in [4.69, 9.17) is 0 Å². The molecule has 0 aromatic carbocycles. The number of rotatable bonds is 5. The van der Waals surface area contributed by atoms with Gasteiger partial charge in [0.25, 0.3) is 0 Å². The summed E-state index contributed by atoms with van der Waals surface area (Å²) in [4.78, 5) is 2.59. The molecule has 1 unspecified atom stereocenters. The number of hydrogen-bond donors (Lipinski definition) is 1. The van der Waals surface area contributed by atoms with Crippen LogP contribution in [0.2, 0.25) is 0 Å². The fraction of sp³-hybridized carbons (Fsp3) is 0.625. The van der Waals surface area contributed by atoms with Crippen LogP contribution < -0.4 is 5.32 Å². The molecule has 0 saturated carbocycles. The maximum Gasteiger partial charge on any atom is 0.160 e. The number of pyridine rings is 1. The fourth-order valence-corrected chi connectivity index (χ4v) is 3.15. The summed E-state index contributed by atoms with van der Waals surface area (Å²) in [6.45, 7) is 6.76. The first-order chi connectivity index (χ1) is 10.4. The Kier molecular flexibility index (Phi) is 4.83. The minimum absolute atomic E-state index is 0.600. The van der Waals surface area contributed by atoms with Crippen LogP contribution in [0, 0.1) is 0 Å². The maximum absolute atomic E-state index is 4.29. The highest BCUT2D eigenvalue weighted by Gasteiger charge is 2.16. The Morgan fingerprint density at radius 3 is 3.10 bits per heavy atom. The molecule has 0 spiro atoms. The van der Waals surface area contributed by atoms with Crippen LogP contribution >= 0.6 is 0 Å². The van der Waals surface area contributed by atoms with Crippen LogP contribution in [-0.4, -0.2) is 45.2 Å². The van der Waals surface area contributed by atoms with Crippen molar-refractivity contribution in [1.29, 1.82) is 0 Å². The maximum atomic E-state index is 4.29. The van der Waals surface area contributed by atoms with Gasteiger partial charge in [-0.05, 0) is 57.5 Å². The third-order valence-electron chi connectivity index (χ3n) is 4.29. The highest BCUT2D eigenvalue weighted by Crippen LogP contribution is 2.12. The summed E-state index contributed by atoms with van der Waals surface area (Å²) >= 11 is 0. The quantitative estimate of drug-likeness (QED) is 0.914. The molecule has 114 valence electrons. The summed E-state index contributed by atoms with van der Waals surface area (Å²) in [5.41, 5.74) is 0.921. The molecule has 3 rings (SSSR count). The monoisotopic (exact) mass is 287 g/mol. The van der Waals surface area contributed by atoms with E-state index in [1.165, 1.54) is 45.3 Å². The number of fused-ring (bicyclic) bond motifs is 1. The fourth-order valence-electron chi connectivity index (χ4n) is 3.15. The van der Waals surface area contributed by atoms with Crippen molar-refractivity contribution in [3.05, 3.63) is 30.2 Å². The Morgan fingerprint density at radius 1 is 1.24 bits per heavy atom. The van der Waals surface area contributed by atoms with E-state index < -0.39 is 0 Å². The third kappa shape index (κ3) is 3.60. The van der Waals surface area contributed by atoms with Crippen molar-refractivity contribution in [3.63, 3.8) is 0 Å². The molecule has 1 aliphatic heterocycles. The summed E-state index contributed by atoms with van der Waals surface area (Å²) in [5, 5.41) is 12.2. The summed E-state index contributed by atoms with van der Waals surface area (Å²) in [5.74, 6) is 1.00. The molecule has 0 radical (unpaired) electrons. The van der Waals surface area contributed by atoms with E-state index in [1.54, 1.807) is 0 Å². The van der Waals surface area contributed by atoms with Gasteiger partial charge in [0, 0.05) is 12.2 Å². The molecule has 0 amide bonds. The van der Waals surface area contributed by atoms with E-state index in [-0.39, 0.29) is 0 Å². The first-order valence-electron chi connectivity index (χ1n) is 8.11. The summed E-state index contributed by atoms with van der Waals surface area (Å²) in [6.07, 6.45) is 7.07. The molecule has 5 heteroatoms. The molecule has 3 heterocycles. The zero-order valence-corrected chi connectivity index (χ0v) is 12.8. The Hall–Kier alpha value is -1.46. The van der Waals surface area contributed by atoms with E-state index in [0.29, 0.717) is 6.04 Å². The lowest BCUT2D eigenvalue weighted by atomic mass is 10.1. The van der Waals surface area contributed by atoms with Crippen molar-refractivity contribution >= 4 is 5.65 Å². The van der Waals surface area contributed by atoms with Gasteiger partial charge in [0.1, 0.15) is 0 Å². The van der Waals surface area contributed by atoms with E-state index in [1.807, 2.05) is 24.4 Å². The molecule has 5 nitrogen and oxygen atoms in total. The summed E-state index contributed by atoms with van der Waals surface area (Å²) in [7, 11) is 0. The van der Waals surface area contributed by atoms with Crippen molar-refractivity contribution in [1.82, 2.24) is 24.8 Å². The molecule has 21 heavy (non-hydrogen) atoms. The lowest BCUT2D eigenvalue weighted by Gasteiger charge is -2.19. The van der Waals surface area contributed by atoms with Gasteiger partial charge in [0.05, 0.1) is 6.54 Å². The molecule has 1 fully saturated rings. The van der Waals surface area contributed by atoms with Gasteiger partial charge in [-0.15, -0.1) is 10.2 Å². The Bertz CT molecular complexity index is 565. The average Bonchev–Trinajstić information content (AvgIpc) is 2.79.